The molecule has 2 fully saturated rings. The van der Waals surface area contributed by atoms with Crippen LogP contribution in [-0.4, -0.2) is 11.4 Å². The smallest absolute Gasteiger partial charge is 0.173 e. The van der Waals surface area contributed by atoms with E-state index in [0.29, 0.717) is 5.92 Å². The van der Waals surface area contributed by atoms with Crippen LogP contribution in [0.4, 0.5) is 0 Å². The SMILES string of the molecule is O=P(c1ccccc1)(c1ccccc1)[C@H]1O[C@@]12CCCC[C@@H]2c1ccccc1. The third-order valence-electron chi connectivity index (χ3n) is 6.40. The highest BCUT2D eigenvalue weighted by atomic mass is 31.2. The van der Waals surface area contributed by atoms with Crippen LogP contribution >= 0.6 is 7.14 Å². The highest BCUT2D eigenvalue weighted by Crippen LogP contribution is 2.69. The number of hydrogen-bond acceptors (Lipinski definition) is 2. The van der Waals surface area contributed by atoms with E-state index in [2.05, 4.69) is 30.3 Å². The molecule has 0 N–H and O–H groups in total. The van der Waals surface area contributed by atoms with Gasteiger partial charge < -0.3 is 9.30 Å². The fourth-order valence-electron chi connectivity index (χ4n) is 5.01. The molecule has 1 aliphatic heterocycles. The van der Waals surface area contributed by atoms with Crippen LogP contribution in [0.25, 0.3) is 0 Å². The average molecular weight is 388 g/mol. The first-order valence-electron chi connectivity index (χ1n) is 10.2. The maximum absolute atomic E-state index is 14.7. The van der Waals surface area contributed by atoms with Crippen LogP contribution in [0.15, 0.2) is 91.0 Å². The Bertz CT molecular complexity index is 943. The van der Waals surface area contributed by atoms with Gasteiger partial charge in [0.15, 0.2) is 7.14 Å². The van der Waals surface area contributed by atoms with Gasteiger partial charge in [-0.2, -0.15) is 0 Å². The zero-order chi connectivity index (χ0) is 19.0. The molecule has 1 spiro atoms. The monoisotopic (exact) mass is 388 g/mol. The molecule has 2 nitrogen and oxygen atoms in total. The van der Waals surface area contributed by atoms with Crippen LogP contribution in [0.3, 0.4) is 0 Å². The van der Waals surface area contributed by atoms with Gasteiger partial charge in [-0.3, -0.25) is 0 Å². The van der Waals surface area contributed by atoms with E-state index in [4.69, 9.17) is 4.74 Å². The molecule has 0 bridgehead atoms. The molecule has 1 saturated heterocycles. The normalized spacial score (nSPS) is 26.9. The Balaban J connectivity index is 1.61. The minimum Gasteiger partial charge on any atom is -0.356 e. The summed E-state index contributed by atoms with van der Waals surface area (Å²) in [6, 6.07) is 30.6. The number of ether oxygens (including phenoxy) is 1. The van der Waals surface area contributed by atoms with Crippen LogP contribution in [-0.2, 0) is 9.30 Å². The minimum absolute atomic E-state index is 0.240. The van der Waals surface area contributed by atoms with Crippen molar-refractivity contribution in [3.05, 3.63) is 96.6 Å². The van der Waals surface area contributed by atoms with Crippen molar-refractivity contribution in [3.8, 4) is 0 Å². The van der Waals surface area contributed by atoms with E-state index >= 15 is 0 Å². The van der Waals surface area contributed by atoms with Crippen molar-refractivity contribution in [2.45, 2.75) is 43.0 Å². The van der Waals surface area contributed by atoms with Crippen LogP contribution in [0, 0.1) is 0 Å². The molecule has 1 heterocycles. The largest absolute Gasteiger partial charge is 0.356 e. The molecule has 2 aliphatic rings. The van der Waals surface area contributed by atoms with Gasteiger partial charge in [-0.15, -0.1) is 0 Å². The molecule has 1 aliphatic carbocycles. The number of epoxide rings is 1. The lowest BCUT2D eigenvalue weighted by atomic mass is 9.75. The zero-order valence-corrected chi connectivity index (χ0v) is 16.8. The van der Waals surface area contributed by atoms with E-state index in [-0.39, 0.29) is 11.4 Å². The zero-order valence-electron chi connectivity index (χ0n) is 15.9. The summed E-state index contributed by atoms with van der Waals surface area (Å²) in [4.78, 5) is 0. The molecular formula is C25H25O2P. The predicted molar refractivity (Wildman–Crippen MR) is 115 cm³/mol. The summed E-state index contributed by atoms with van der Waals surface area (Å²) in [5.41, 5.74) is 1.01. The van der Waals surface area contributed by atoms with Gasteiger partial charge in [-0.25, -0.2) is 0 Å². The molecule has 5 rings (SSSR count). The molecule has 0 amide bonds. The van der Waals surface area contributed by atoms with Crippen molar-refractivity contribution < 1.29 is 9.30 Å². The molecule has 28 heavy (non-hydrogen) atoms. The Morgan fingerprint density at radius 1 is 0.750 bits per heavy atom. The van der Waals surface area contributed by atoms with Crippen molar-refractivity contribution in [2.24, 2.45) is 0 Å². The summed E-state index contributed by atoms with van der Waals surface area (Å²) in [6.07, 6.45) is 4.44. The lowest BCUT2D eigenvalue weighted by Gasteiger charge is -2.31. The first kappa shape index (κ1) is 17.9. The van der Waals surface area contributed by atoms with E-state index in [1.165, 1.54) is 12.0 Å². The highest BCUT2D eigenvalue weighted by Gasteiger charge is 2.69. The molecule has 142 valence electrons. The Labute approximate surface area is 166 Å². The predicted octanol–water partition coefficient (Wildman–Crippen LogP) is 5.45. The van der Waals surface area contributed by atoms with E-state index < -0.39 is 7.14 Å². The summed E-state index contributed by atoms with van der Waals surface area (Å²) in [7, 11) is -2.90. The topological polar surface area (TPSA) is 29.6 Å². The van der Waals surface area contributed by atoms with Gasteiger partial charge in [0, 0.05) is 16.5 Å². The molecular weight excluding hydrogens is 363 g/mol. The molecule has 3 aromatic carbocycles. The summed E-state index contributed by atoms with van der Waals surface area (Å²) in [5.74, 6) is 0.0727. The van der Waals surface area contributed by atoms with E-state index in [1.807, 2.05) is 60.7 Å². The number of rotatable bonds is 4. The van der Waals surface area contributed by atoms with Crippen molar-refractivity contribution in [1.29, 1.82) is 0 Å². The van der Waals surface area contributed by atoms with Crippen LogP contribution < -0.4 is 10.6 Å². The highest BCUT2D eigenvalue weighted by molar-refractivity contribution is 7.79. The Morgan fingerprint density at radius 3 is 1.86 bits per heavy atom. The quantitative estimate of drug-likeness (QED) is 0.439. The third kappa shape index (κ3) is 2.79. The molecule has 3 aromatic rings. The molecule has 0 unspecified atom stereocenters. The summed E-state index contributed by atoms with van der Waals surface area (Å²) in [5, 5.41) is 1.81. The second kappa shape index (κ2) is 7.03. The van der Waals surface area contributed by atoms with E-state index in [0.717, 1.165) is 29.9 Å². The second-order valence-corrected chi connectivity index (χ2v) is 10.8. The molecule has 1 saturated carbocycles. The van der Waals surface area contributed by atoms with Gasteiger partial charge in [-0.05, 0) is 18.4 Å². The lowest BCUT2D eigenvalue weighted by Crippen LogP contribution is -2.32. The van der Waals surface area contributed by atoms with E-state index in [9.17, 15) is 4.57 Å². The second-order valence-electron chi connectivity index (χ2n) is 7.96. The summed E-state index contributed by atoms with van der Waals surface area (Å²) < 4.78 is 21.2. The minimum atomic E-state index is -2.90. The molecule has 3 atom stereocenters. The van der Waals surface area contributed by atoms with Gasteiger partial charge in [0.1, 0.15) is 11.4 Å². The van der Waals surface area contributed by atoms with Crippen molar-refractivity contribution in [3.63, 3.8) is 0 Å². The Kier molecular flexibility index (Phi) is 4.50. The third-order valence-corrected chi connectivity index (χ3v) is 9.74. The van der Waals surface area contributed by atoms with Gasteiger partial charge in [0.2, 0.25) is 0 Å². The van der Waals surface area contributed by atoms with Gasteiger partial charge >= 0.3 is 0 Å². The van der Waals surface area contributed by atoms with Gasteiger partial charge in [-0.1, -0.05) is 104 Å². The number of hydrogen-bond donors (Lipinski definition) is 0. The van der Waals surface area contributed by atoms with Gasteiger partial charge in [0.05, 0.1) is 0 Å². The summed E-state index contributed by atoms with van der Waals surface area (Å²) in [6.45, 7) is 0. The molecule has 0 aromatic heterocycles. The van der Waals surface area contributed by atoms with Gasteiger partial charge in [0.25, 0.3) is 0 Å². The summed E-state index contributed by atoms with van der Waals surface area (Å²) >= 11 is 0. The molecule has 3 heteroatoms. The standard InChI is InChI=1S/C25H25O2P/c26-28(21-14-6-2-7-15-21,22-16-8-3-9-17-22)24-25(27-24)19-11-10-18-23(25)20-12-4-1-5-13-20/h1-9,12-17,23-24H,10-11,18-19H2/t23-,24-,25-/m1/s1. The van der Waals surface area contributed by atoms with E-state index in [1.54, 1.807) is 0 Å². The first-order chi connectivity index (χ1) is 13.7. The lowest BCUT2D eigenvalue weighted by molar-refractivity contribution is 0.205. The van der Waals surface area contributed by atoms with Crippen LogP contribution in [0.2, 0.25) is 0 Å². The molecule has 0 radical (unpaired) electrons. The first-order valence-corrected chi connectivity index (χ1v) is 12.0. The fourth-order valence-corrected chi connectivity index (χ4v) is 8.35. The Morgan fingerprint density at radius 2 is 1.29 bits per heavy atom. The maximum atomic E-state index is 14.7. The van der Waals surface area contributed by atoms with Crippen molar-refractivity contribution in [2.75, 3.05) is 0 Å². The van der Waals surface area contributed by atoms with Crippen molar-refractivity contribution in [1.82, 2.24) is 0 Å². The maximum Gasteiger partial charge on any atom is 0.173 e. The van der Waals surface area contributed by atoms with Crippen LogP contribution in [0.5, 0.6) is 0 Å². The fraction of sp³-hybridized carbons (Fsp3) is 0.280. The van der Waals surface area contributed by atoms with Crippen molar-refractivity contribution >= 4 is 17.8 Å². The number of benzene rings is 3. The van der Waals surface area contributed by atoms with Crippen LogP contribution in [0.1, 0.15) is 37.2 Å². The average Bonchev–Trinajstić information content (AvgIpc) is 3.49. The Hall–Kier alpha value is -2.15.